The van der Waals surface area contributed by atoms with Gasteiger partial charge < -0.3 is 4.74 Å². The highest BCUT2D eigenvalue weighted by atomic mass is 32.2. The lowest BCUT2D eigenvalue weighted by Gasteiger charge is -2.25. The summed E-state index contributed by atoms with van der Waals surface area (Å²) in [6.07, 6.45) is 1.22. The molecule has 1 atom stereocenters. The third kappa shape index (κ3) is 2.13. The molecular weight excluding hydrogens is 240 g/mol. The van der Waals surface area contributed by atoms with Crippen LogP contribution < -0.4 is 4.74 Å². The van der Waals surface area contributed by atoms with Crippen molar-refractivity contribution in [3.8, 4) is 5.75 Å². The molecule has 1 heterocycles. The maximum Gasteiger partial charge on any atom is 0.118 e. The van der Waals surface area contributed by atoms with Gasteiger partial charge in [-0.2, -0.15) is 0 Å². The molecule has 0 fully saturated rings. The fourth-order valence-electron chi connectivity index (χ4n) is 2.52. The summed E-state index contributed by atoms with van der Waals surface area (Å²) < 4.78 is 5.22. The molecule has 18 heavy (non-hydrogen) atoms. The molecule has 2 heteroatoms. The van der Waals surface area contributed by atoms with Crippen LogP contribution in [-0.4, -0.2) is 12.9 Å². The quantitative estimate of drug-likeness (QED) is 0.791. The van der Waals surface area contributed by atoms with Gasteiger partial charge in [-0.3, -0.25) is 0 Å². The molecule has 0 amide bonds. The number of benzene rings is 2. The highest BCUT2D eigenvalue weighted by Gasteiger charge is 2.21. The summed E-state index contributed by atoms with van der Waals surface area (Å²) in [5.41, 5.74) is 2.86. The van der Waals surface area contributed by atoms with E-state index in [2.05, 4.69) is 48.5 Å². The van der Waals surface area contributed by atoms with Crippen molar-refractivity contribution in [1.29, 1.82) is 0 Å². The van der Waals surface area contributed by atoms with E-state index in [-0.39, 0.29) is 0 Å². The van der Waals surface area contributed by atoms with E-state index in [1.807, 2.05) is 11.8 Å². The molecule has 1 aliphatic rings. The van der Waals surface area contributed by atoms with Crippen molar-refractivity contribution >= 4 is 11.8 Å². The van der Waals surface area contributed by atoms with Crippen LogP contribution in [0.3, 0.4) is 0 Å². The number of methoxy groups -OCH3 is 1. The van der Waals surface area contributed by atoms with E-state index in [9.17, 15) is 0 Å². The molecule has 1 unspecified atom stereocenters. The van der Waals surface area contributed by atoms with Gasteiger partial charge >= 0.3 is 0 Å². The van der Waals surface area contributed by atoms with Crippen molar-refractivity contribution in [3.63, 3.8) is 0 Å². The van der Waals surface area contributed by atoms with Crippen LogP contribution in [0.4, 0.5) is 0 Å². The van der Waals surface area contributed by atoms with Crippen molar-refractivity contribution in [2.24, 2.45) is 0 Å². The lowest BCUT2D eigenvalue weighted by atomic mass is 9.89. The largest absolute Gasteiger partial charge is 0.497 e. The summed E-state index contributed by atoms with van der Waals surface area (Å²) in [7, 11) is 1.71. The zero-order chi connectivity index (χ0) is 12.4. The van der Waals surface area contributed by atoms with Gasteiger partial charge in [-0.05, 0) is 41.5 Å². The summed E-state index contributed by atoms with van der Waals surface area (Å²) in [6, 6.07) is 17.3. The molecular formula is C16H16OS. The van der Waals surface area contributed by atoms with E-state index >= 15 is 0 Å². The normalized spacial score (nSPS) is 18.2. The van der Waals surface area contributed by atoms with E-state index in [0.717, 1.165) is 5.75 Å². The Balaban J connectivity index is 1.97. The first-order valence-corrected chi connectivity index (χ1v) is 7.23. The van der Waals surface area contributed by atoms with E-state index in [4.69, 9.17) is 4.74 Å². The number of thioether (sulfide) groups is 1. The minimum atomic E-state index is 0.536. The number of rotatable bonds is 2. The standard InChI is InChI=1S/C16H16OS/c1-17-13-8-6-12(7-9-13)14-10-11-18-16-5-3-2-4-15(14)16/h2-9,14H,10-11H2,1H3. The van der Waals surface area contributed by atoms with Crippen LogP contribution in [0.2, 0.25) is 0 Å². The van der Waals surface area contributed by atoms with Gasteiger partial charge in [-0.1, -0.05) is 30.3 Å². The second kappa shape index (κ2) is 5.07. The highest BCUT2D eigenvalue weighted by molar-refractivity contribution is 7.99. The summed E-state index contributed by atoms with van der Waals surface area (Å²) in [6.45, 7) is 0. The average Bonchev–Trinajstić information content (AvgIpc) is 2.47. The lowest BCUT2D eigenvalue weighted by Crippen LogP contribution is -2.08. The predicted octanol–water partition coefficient (Wildman–Crippen LogP) is 4.32. The minimum Gasteiger partial charge on any atom is -0.497 e. The van der Waals surface area contributed by atoms with Crippen LogP contribution in [0.25, 0.3) is 0 Å². The molecule has 2 aromatic carbocycles. The molecule has 1 aliphatic heterocycles. The van der Waals surface area contributed by atoms with E-state index < -0.39 is 0 Å². The Labute approximate surface area is 112 Å². The predicted molar refractivity (Wildman–Crippen MR) is 76.6 cm³/mol. The van der Waals surface area contributed by atoms with Gasteiger partial charge in [0.15, 0.2) is 0 Å². The molecule has 3 rings (SSSR count). The van der Waals surface area contributed by atoms with Crippen molar-refractivity contribution in [1.82, 2.24) is 0 Å². The van der Waals surface area contributed by atoms with Gasteiger partial charge in [-0.25, -0.2) is 0 Å². The Hall–Kier alpha value is -1.41. The van der Waals surface area contributed by atoms with Crippen molar-refractivity contribution < 1.29 is 4.74 Å². The second-order valence-electron chi connectivity index (χ2n) is 4.50. The molecule has 1 nitrogen and oxygen atoms in total. The molecule has 2 aromatic rings. The molecule has 0 saturated heterocycles. The minimum absolute atomic E-state index is 0.536. The average molecular weight is 256 g/mol. The zero-order valence-electron chi connectivity index (χ0n) is 10.4. The molecule has 0 bridgehead atoms. The Morgan fingerprint density at radius 2 is 1.83 bits per heavy atom. The fourth-order valence-corrected chi connectivity index (χ4v) is 3.65. The second-order valence-corrected chi connectivity index (χ2v) is 5.64. The summed E-state index contributed by atoms with van der Waals surface area (Å²) in [5, 5.41) is 0. The van der Waals surface area contributed by atoms with Gasteiger partial charge in [0.1, 0.15) is 5.75 Å². The van der Waals surface area contributed by atoms with E-state index in [1.165, 1.54) is 28.2 Å². The van der Waals surface area contributed by atoms with Crippen molar-refractivity contribution in [3.05, 3.63) is 59.7 Å². The SMILES string of the molecule is COc1ccc(C2CCSc3ccccc32)cc1. The van der Waals surface area contributed by atoms with Crippen LogP contribution in [0.5, 0.6) is 5.75 Å². The third-order valence-electron chi connectivity index (χ3n) is 3.48. The maximum absolute atomic E-state index is 5.22. The maximum atomic E-state index is 5.22. The molecule has 0 spiro atoms. The summed E-state index contributed by atoms with van der Waals surface area (Å²) in [4.78, 5) is 1.43. The third-order valence-corrected chi connectivity index (χ3v) is 4.60. The molecule has 0 radical (unpaired) electrons. The van der Waals surface area contributed by atoms with Gasteiger partial charge in [0, 0.05) is 10.8 Å². The molecule has 0 N–H and O–H groups in total. The summed E-state index contributed by atoms with van der Waals surface area (Å²) >= 11 is 1.97. The number of hydrogen-bond donors (Lipinski definition) is 0. The topological polar surface area (TPSA) is 9.23 Å². The van der Waals surface area contributed by atoms with Crippen LogP contribution in [-0.2, 0) is 0 Å². The Kier molecular flexibility index (Phi) is 3.28. The molecule has 0 aliphatic carbocycles. The summed E-state index contributed by atoms with van der Waals surface area (Å²) in [5.74, 6) is 2.67. The first-order valence-electron chi connectivity index (χ1n) is 6.24. The molecule has 92 valence electrons. The van der Waals surface area contributed by atoms with Crippen molar-refractivity contribution in [2.75, 3.05) is 12.9 Å². The zero-order valence-corrected chi connectivity index (χ0v) is 11.2. The first kappa shape index (κ1) is 11.7. The fraction of sp³-hybridized carbons (Fsp3) is 0.250. The van der Waals surface area contributed by atoms with Gasteiger partial charge in [0.2, 0.25) is 0 Å². The van der Waals surface area contributed by atoms with Crippen LogP contribution in [0.1, 0.15) is 23.5 Å². The highest BCUT2D eigenvalue weighted by Crippen LogP contribution is 2.41. The van der Waals surface area contributed by atoms with Gasteiger partial charge in [0.25, 0.3) is 0 Å². The van der Waals surface area contributed by atoms with Crippen molar-refractivity contribution in [2.45, 2.75) is 17.2 Å². The smallest absolute Gasteiger partial charge is 0.118 e. The lowest BCUT2D eigenvalue weighted by molar-refractivity contribution is 0.414. The Morgan fingerprint density at radius 3 is 2.61 bits per heavy atom. The van der Waals surface area contributed by atoms with Gasteiger partial charge in [0.05, 0.1) is 7.11 Å². The Morgan fingerprint density at radius 1 is 1.06 bits per heavy atom. The van der Waals surface area contributed by atoms with E-state index in [0.29, 0.717) is 5.92 Å². The first-order chi connectivity index (χ1) is 8.88. The number of fused-ring (bicyclic) bond motifs is 1. The monoisotopic (exact) mass is 256 g/mol. The number of ether oxygens (including phenoxy) is 1. The Bertz CT molecular complexity index is 533. The van der Waals surface area contributed by atoms with Crippen LogP contribution in [0, 0.1) is 0 Å². The molecule has 0 saturated carbocycles. The molecule has 0 aromatic heterocycles. The van der Waals surface area contributed by atoms with Gasteiger partial charge in [-0.15, -0.1) is 11.8 Å². The van der Waals surface area contributed by atoms with E-state index in [1.54, 1.807) is 7.11 Å². The van der Waals surface area contributed by atoms with Crippen LogP contribution in [0.15, 0.2) is 53.4 Å². The van der Waals surface area contributed by atoms with Crippen LogP contribution >= 0.6 is 11.8 Å². The number of hydrogen-bond acceptors (Lipinski definition) is 2.